The van der Waals surface area contributed by atoms with Gasteiger partial charge in [-0.2, -0.15) is 0 Å². The summed E-state index contributed by atoms with van der Waals surface area (Å²) < 4.78 is 5.62. The molecule has 2 fully saturated rings. The molecular weight excluding hydrogens is 432 g/mol. The summed E-state index contributed by atoms with van der Waals surface area (Å²) in [6, 6.07) is 16.4. The van der Waals surface area contributed by atoms with Gasteiger partial charge in [-0.15, -0.1) is 0 Å². The van der Waals surface area contributed by atoms with Crippen LogP contribution in [0.1, 0.15) is 55.6 Å². The van der Waals surface area contributed by atoms with Crippen LogP contribution in [0.4, 0.5) is 4.79 Å². The number of nitrogens with one attached hydrogen (secondary N) is 2. The van der Waals surface area contributed by atoms with Crippen LogP contribution in [0, 0.1) is 10.8 Å². The number of carboxylic acid groups (broad SMARTS) is 1. The van der Waals surface area contributed by atoms with E-state index < -0.39 is 17.5 Å². The molecule has 2 saturated carbocycles. The fourth-order valence-corrected chi connectivity index (χ4v) is 5.29. The largest absolute Gasteiger partial charge is 0.481 e. The van der Waals surface area contributed by atoms with Gasteiger partial charge in [0, 0.05) is 25.4 Å². The van der Waals surface area contributed by atoms with Crippen LogP contribution < -0.4 is 10.6 Å². The molecule has 2 aromatic rings. The van der Waals surface area contributed by atoms with Gasteiger partial charge in [0.2, 0.25) is 5.91 Å². The highest BCUT2D eigenvalue weighted by Crippen LogP contribution is 2.46. The normalized spacial score (nSPS) is 18.7. The lowest BCUT2D eigenvalue weighted by molar-refractivity contribution is -0.143. The standard InChI is InChI=1S/C27H30N2O5/c30-23(28-17-27(12-13-27)24(31)32)14-26(10-5-11-26)16-29-25(33)34-15-22-20-8-3-1-6-18(20)19-7-2-4-9-21(19)22/h1-4,6-9,22H,5,10-17H2,(H,28,30)(H,29,33)(H,31,32). The predicted octanol–water partition coefficient (Wildman–Crippen LogP) is 4.07. The summed E-state index contributed by atoms with van der Waals surface area (Å²) in [4.78, 5) is 36.3. The molecule has 0 bridgehead atoms. The van der Waals surface area contributed by atoms with Crippen LogP contribution in [-0.2, 0) is 14.3 Å². The highest BCUT2D eigenvalue weighted by Gasteiger charge is 2.50. The molecule has 3 N–H and O–H groups in total. The minimum absolute atomic E-state index is 0.00516. The molecule has 0 spiro atoms. The molecule has 0 heterocycles. The second kappa shape index (κ2) is 8.78. The van der Waals surface area contributed by atoms with Gasteiger partial charge in [0.25, 0.3) is 0 Å². The number of carbonyl (C=O) groups excluding carboxylic acids is 2. The highest BCUT2D eigenvalue weighted by atomic mass is 16.5. The molecule has 0 aliphatic heterocycles. The number of fused-ring (bicyclic) bond motifs is 3. The molecule has 0 atom stereocenters. The summed E-state index contributed by atoms with van der Waals surface area (Å²) in [6.45, 7) is 0.808. The molecule has 7 nitrogen and oxygen atoms in total. The second-order valence-corrected chi connectivity index (χ2v) is 10.1. The fraction of sp³-hybridized carbons (Fsp3) is 0.444. The first-order valence-electron chi connectivity index (χ1n) is 12.0. The first-order valence-corrected chi connectivity index (χ1v) is 12.0. The lowest BCUT2D eigenvalue weighted by Crippen LogP contribution is -2.46. The Morgan fingerprint density at radius 1 is 0.882 bits per heavy atom. The molecule has 3 aliphatic rings. The van der Waals surface area contributed by atoms with Crippen molar-refractivity contribution in [3.05, 3.63) is 59.7 Å². The zero-order chi connectivity index (χ0) is 23.8. The third-order valence-corrected chi connectivity index (χ3v) is 7.83. The zero-order valence-corrected chi connectivity index (χ0v) is 19.1. The van der Waals surface area contributed by atoms with Crippen LogP contribution in [-0.4, -0.2) is 42.8 Å². The number of carboxylic acids is 1. The minimum atomic E-state index is -0.844. The maximum Gasteiger partial charge on any atom is 0.407 e. The zero-order valence-electron chi connectivity index (χ0n) is 19.1. The molecule has 0 aromatic heterocycles. The van der Waals surface area contributed by atoms with Crippen molar-refractivity contribution in [2.45, 2.75) is 44.4 Å². The van der Waals surface area contributed by atoms with Crippen molar-refractivity contribution in [2.75, 3.05) is 19.7 Å². The molecule has 0 radical (unpaired) electrons. The van der Waals surface area contributed by atoms with Crippen LogP contribution in [0.3, 0.4) is 0 Å². The molecule has 3 aliphatic carbocycles. The molecule has 2 amide bonds. The lowest BCUT2D eigenvalue weighted by Gasteiger charge is -2.41. The number of hydrogen-bond donors (Lipinski definition) is 3. The fourth-order valence-electron chi connectivity index (χ4n) is 5.29. The summed E-state index contributed by atoms with van der Waals surface area (Å²) in [5.41, 5.74) is 3.64. The Kier molecular flexibility index (Phi) is 5.80. The SMILES string of the molecule is O=C(CC1(CNC(=O)OCC2c3ccccc3-c3ccccc32)CCC1)NCC1(C(=O)O)CC1. The average molecular weight is 463 g/mol. The molecule has 34 heavy (non-hydrogen) atoms. The maximum atomic E-state index is 12.5. The van der Waals surface area contributed by atoms with Crippen LogP contribution in [0.5, 0.6) is 0 Å². The Bertz CT molecular complexity index is 1070. The van der Waals surface area contributed by atoms with Crippen LogP contribution in [0.15, 0.2) is 48.5 Å². The quantitative estimate of drug-likeness (QED) is 0.521. The van der Waals surface area contributed by atoms with E-state index in [0.29, 0.717) is 19.4 Å². The van der Waals surface area contributed by atoms with Crippen LogP contribution in [0.25, 0.3) is 11.1 Å². The van der Waals surface area contributed by atoms with Gasteiger partial charge < -0.3 is 20.5 Å². The summed E-state index contributed by atoms with van der Waals surface area (Å²) in [6.07, 6.45) is 3.75. The van der Waals surface area contributed by atoms with Crippen molar-refractivity contribution in [3.8, 4) is 11.1 Å². The van der Waals surface area contributed by atoms with Crippen molar-refractivity contribution in [1.82, 2.24) is 10.6 Å². The second-order valence-electron chi connectivity index (χ2n) is 10.1. The molecule has 5 rings (SSSR count). The van der Waals surface area contributed by atoms with Gasteiger partial charge in [0.1, 0.15) is 6.61 Å². The summed E-state index contributed by atoms with van der Waals surface area (Å²) in [5, 5.41) is 14.9. The van der Waals surface area contributed by atoms with Crippen molar-refractivity contribution < 1.29 is 24.2 Å². The number of hydrogen-bond acceptors (Lipinski definition) is 4. The Hall–Kier alpha value is -3.35. The number of ether oxygens (including phenoxy) is 1. The Morgan fingerprint density at radius 2 is 1.50 bits per heavy atom. The Balaban J connectivity index is 1.13. The summed E-state index contributed by atoms with van der Waals surface area (Å²) in [7, 11) is 0. The first-order chi connectivity index (χ1) is 16.4. The average Bonchev–Trinajstić information content (AvgIpc) is 3.55. The van der Waals surface area contributed by atoms with Crippen LogP contribution in [0.2, 0.25) is 0 Å². The maximum absolute atomic E-state index is 12.5. The van der Waals surface area contributed by atoms with Crippen LogP contribution >= 0.6 is 0 Å². The van der Waals surface area contributed by atoms with Gasteiger partial charge >= 0.3 is 12.1 Å². The summed E-state index contributed by atoms with van der Waals surface area (Å²) in [5.74, 6) is -0.991. The molecule has 2 aromatic carbocycles. The number of rotatable bonds is 9. The predicted molar refractivity (Wildman–Crippen MR) is 126 cm³/mol. The molecule has 7 heteroatoms. The highest BCUT2D eigenvalue weighted by molar-refractivity contribution is 5.81. The molecule has 178 valence electrons. The van der Waals surface area contributed by atoms with E-state index in [1.165, 1.54) is 22.3 Å². The van der Waals surface area contributed by atoms with E-state index in [9.17, 15) is 19.5 Å². The number of amides is 2. The molecular formula is C27H30N2O5. The smallest absolute Gasteiger partial charge is 0.407 e. The monoisotopic (exact) mass is 462 g/mol. The van der Waals surface area contributed by atoms with Gasteiger partial charge in [0.05, 0.1) is 5.41 Å². The van der Waals surface area contributed by atoms with Gasteiger partial charge in [-0.05, 0) is 53.4 Å². The first kappa shape index (κ1) is 22.4. The van der Waals surface area contributed by atoms with E-state index in [1.807, 2.05) is 24.3 Å². The third kappa shape index (κ3) is 4.27. The van der Waals surface area contributed by atoms with Crippen molar-refractivity contribution in [2.24, 2.45) is 10.8 Å². The van der Waals surface area contributed by atoms with E-state index in [-0.39, 0.29) is 36.8 Å². The number of alkyl carbamates (subject to hydrolysis) is 1. The molecule has 0 unspecified atom stereocenters. The van der Waals surface area contributed by atoms with E-state index in [1.54, 1.807) is 0 Å². The molecule has 0 saturated heterocycles. The van der Waals surface area contributed by atoms with E-state index in [4.69, 9.17) is 4.74 Å². The van der Waals surface area contributed by atoms with Gasteiger partial charge in [0.15, 0.2) is 0 Å². The van der Waals surface area contributed by atoms with E-state index >= 15 is 0 Å². The Morgan fingerprint density at radius 3 is 2.03 bits per heavy atom. The number of aliphatic carboxylic acids is 1. The summed E-state index contributed by atoms with van der Waals surface area (Å²) >= 11 is 0. The van der Waals surface area contributed by atoms with Gasteiger partial charge in [-0.25, -0.2) is 4.79 Å². The van der Waals surface area contributed by atoms with E-state index in [0.717, 1.165) is 19.3 Å². The lowest BCUT2D eigenvalue weighted by atomic mass is 9.66. The van der Waals surface area contributed by atoms with Gasteiger partial charge in [-0.3, -0.25) is 9.59 Å². The van der Waals surface area contributed by atoms with Crippen molar-refractivity contribution in [3.63, 3.8) is 0 Å². The third-order valence-electron chi connectivity index (χ3n) is 7.83. The number of carbonyl (C=O) groups is 3. The number of benzene rings is 2. The van der Waals surface area contributed by atoms with E-state index in [2.05, 4.69) is 34.9 Å². The van der Waals surface area contributed by atoms with Crippen molar-refractivity contribution in [1.29, 1.82) is 0 Å². The minimum Gasteiger partial charge on any atom is -0.481 e. The Labute approximate surface area is 198 Å². The van der Waals surface area contributed by atoms with Gasteiger partial charge in [-0.1, -0.05) is 55.0 Å². The van der Waals surface area contributed by atoms with Crippen molar-refractivity contribution >= 4 is 18.0 Å². The topological polar surface area (TPSA) is 105 Å².